The van der Waals surface area contributed by atoms with Crippen LogP contribution in [0.1, 0.15) is 22.5 Å². The molecular formula is C13H13N3O3S. The molecular weight excluding hydrogens is 278 g/mol. The van der Waals surface area contributed by atoms with Gasteiger partial charge in [-0.15, -0.1) is 5.10 Å². The molecule has 1 aliphatic rings. The monoisotopic (exact) mass is 291 g/mol. The zero-order valence-electron chi connectivity index (χ0n) is 10.7. The summed E-state index contributed by atoms with van der Waals surface area (Å²) in [5.74, 6) is -0.408. The third kappa shape index (κ3) is 2.83. The average molecular weight is 291 g/mol. The Hall–Kier alpha value is -1.86. The molecule has 0 spiro atoms. The summed E-state index contributed by atoms with van der Waals surface area (Å²) in [6.45, 7) is 1.02. The highest BCUT2D eigenvalue weighted by molar-refractivity contribution is 7.08. The summed E-state index contributed by atoms with van der Waals surface area (Å²) >= 11 is 1.03. The molecule has 0 radical (unpaired) electrons. The SMILES string of the molecule is O=C(OCC1CCCO1)c1snnc1-c1cccnc1. The van der Waals surface area contributed by atoms with Gasteiger partial charge in [0.15, 0.2) is 4.88 Å². The minimum absolute atomic E-state index is 0.0154. The van der Waals surface area contributed by atoms with Crippen molar-refractivity contribution in [3.8, 4) is 11.3 Å². The first-order valence-electron chi connectivity index (χ1n) is 6.36. The predicted octanol–water partition coefficient (Wildman–Crippen LogP) is 1.94. The Balaban J connectivity index is 1.70. The van der Waals surface area contributed by atoms with Gasteiger partial charge in [0.05, 0.1) is 6.10 Å². The van der Waals surface area contributed by atoms with Crippen molar-refractivity contribution in [1.82, 2.24) is 14.6 Å². The van der Waals surface area contributed by atoms with Crippen molar-refractivity contribution in [1.29, 1.82) is 0 Å². The van der Waals surface area contributed by atoms with Crippen LogP contribution in [0, 0.1) is 0 Å². The Kier molecular flexibility index (Phi) is 3.98. The number of pyridine rings is 1. The summed E-state index contributed by atoms with van der Waals surface area (Å²) in [6.07, 6.45) is 5.28. The van der Waals surface area contributed by atoms with Crippen LogP contribution in [0.2, 0.25) is 0 Å². The summed E-state index contributed by atoms with van der Waals surface area (Å²) in [4.78, 5) is 16.5. The first kappa shape index (κ1) is 13.1. The highest BCUT2D eigenvalue weighted by atomic mass is 32.1. The fraction of sp³-hybridized carbons (Fsp3) is 0.385. The number of nitrogens with zero attached hydrogens (tertiary/aromatic N) is 3. The van der Waals surface area contributed by atoms with Crippen molar-refractivity contribution < 1.29 is 14.3 Å². The molecule has 2 aromatic heterocycles. The van der Waals surface area contributed by atoms with Gasteiger partial charge < -0.3 is 9.47 Å². The van der Waals surface area contributed by atoms with E-state index in [4.69, 9.17) is 9.47 Å². The van der Waals surface area contributed by atoms with Gasteiger partial charge in [0, 0.05) is 24.6 Å². The van der Waals surface area contributed by atoms with Crippen molar-refractivity contribution in [2.24, 2.45) is 0 Å². The molecule has 1 aliphatic heterocycles. The molecule has 7 heteroatoms. The van der Waals surface area contributed by atoms with E-state index >= 15 is 0 Å². The van der Waals surface area contributed by atoms with Crippen LogP contribution >= 0.6 is 11.5 Å². The number of aromatic nitrogens is 3. The summed E-state index contributed by atoms with van der Waals surface area (Å²) in [5, 5.41) is 3.98. The second-order valence-corrected chi connectivity index (χ2v) is 5.18. The van der Waals surface area contributed by atoms with Crippen molar-refractivity contribution >= 4 is 17.5 Å². The quantitative estimate of drug-likeness (QED) is 0.801. The maximum absolute atomic E-state index is 12.1. The van der Waals surface area contributed by atoms with Crippen molar-refractivity contribution in [2.75, 3.05) is 13.2 Å². The molecule has 2 aromatic rings. The Labute approximate surface area is 119 Å². The normalized spacial score (nSPS) is 18.1. The van der Waals surface area contributed by atoms with E-state index in [-0.39, 0.29) is 12.7 Å². The van der Waals surface area contributed by atoms with Crippen LogP contribution in [0.25, 0.3) is 11.3 Å². The number of carbonyl (C=O) groups excluding carboxylic acids is 1. The number of hydrogen-bond acceptors (Lipinski definition) is 7. The van der Waals surface area contributed by atoms with E-state index in [0.717, 1.165) is 36.5 Å². The standard InChI is InChI=1S/C13H13N3O3S/c17-13(19-8-10-4-2-6-18-10)12-11(15-16-20-12)9-3-1-5-14-7-9/h1,3,5,7,10H,2,4,6,8H2. The Morgan fingerprint density at radius 2 is 2.50 bits per heavy atom. The van der Waals surface area contributed by atoms with Crippen LogP contribution in [0.3, 0.4) is 0 Å². The molecule has 1 saturated heterocycles. The van der Waals surface area contributed by atoms with Crippen molar-refractivity contribution in [3.63, 3.8) is 0 Å². The third-order valence-electron chi connectivity index (χ3n) is 3.03. The highest BCUT2D eigenvalue weighted by Crippen LogP contribution is 2.24. The molecule has 6 nitrogen and oxygen atoms in total. The number of ether oxygens (including phenoxy) is 2. The van der Waals surface area contributed by atoms with E-state index in [9.17, 15) is 4.79 Å². The van der Waals surface area contributed by atoms with Crippen LogP contribution in [0.5, 0.6) is 0 Å². The zero-order valence-corrected chi connectivity index (χ0v) is 11.5. The second-order valence-electron chi connectivity index (χ2n) is 4.43. The van der Waals surface area contributed by atoms with Gasteiger partial charge in [-0.2, -0.15) is 0 Å². The van der Waals surface area contributed by atoms with E-state index in [1.807, 2.05) is 6.07 Å². The third-order valence-corrected chi connectivity index (χ3v) is 3.74. The maximum Gasteiger partial charge on any atom is 0.352 e. The molecule has 0 aromatic carbocycles. The predicted molar refractivity (Wildman–Crippen MR) is 72.4 cm³/mol. The van der Waals surface area contributed by atoms with Crippen LogP contribution < -0.4 is 0 Å². The highest BCUT2D eigenvalue weighted by Gasteiger charge is 2.22. The van der Waals surface area contributed by atoms with Crippen molar-refractivity contribution in [2.45, 2.75) is 18.9 Å². The lowest BCUT2D eigenvalue weighted by Gasteiger charge is -2.09. The topological polar surface area (TPSA) is 74.2 Å². The van der Waals surface area contributed by atoms with Gasteiger partial charge in [-0.05, 0) is 36.5 Å². The molecule has 1 atom stereocenters. The van der Waals surface area contributed by atoms with Crippen LogP contribution in [0.15, 0.2) is 24.5 Å². The summed E-state index contributed by atoms with van der Waals surface area (Å²) in [5.41, 5.74) is 1.27. The minimum atomic E-state index is -0.408. The molecule has 1 unspecified atom stereocenters. The maximum atomic E-state index is 12.1. The van der Waals surface area contributed by atoms with Gasteiger partial charge in [-0.1, -0.05) is 4.49 Å². The molecule has 0 bridgehead atoms. The molecule has 0 saturated carbocycles. The Bertz CT molecular complexity index is 582. The van der Waals surface area contributed by atoms with E-state index in [1.165, 1.54) is 0 Å². The van der Waals surface area contributed by atoms with Gasteiger partial charge in [0.2, 0.25) is 0 Å². The first-order valence-corrected chi connectivity index (χ1v) is 7.13. The average Bonchev–Trinajstić information content (AvgIpc) is 3.17. The largest absolute Gasteiger partial charge is 0.459 e. The molecule has 0 N–H and O–H groups in total. The van der Waals surface area contributed by atoms with Gasteiger partial charge >= 0.3 is 5.97 Å². The number of esters is 1. The summed E-state index contributed by atoms with van der Waals surface area (Å²) in [6, 6.07) is 3.62. The Morgan fingerprint density at radius 3 is 3.25 bits per heavy atom. The molecule has 20 heavy (non-hydrogen) atoms. The molecule has 1 fully saturated rings. The number of carbonyl (C=O) groups is 1. The molecule has 3 heterocycles. The lowest BCUT2D eigenvalue weighted by atomic mass is 10.2. The van der Waals surface area contributed by atoms with Gasteiger partial charge in [0.25, 0.3) is 0 Å². The second kappa shape index (κ2) is 6.06. The Morgan fingerprint density at radius 1 is 1.55 bits per heavy atom. The van der Waals surface area contributed by atoms with Crippen LogP contribution in [-0.2, 0) is 9.47 Å². The van der Waals surface area contributed by atoms with Crippen LogP contribution in [0.4, 0.5) is 0 Å². The molecule has 104 valence electrons. The van der Waals surface area contributed by atoms with Crippen LogP contribution in [-0.4, -0.2) is 39.9 Å². The van der Waals surface area contributed by atoms with Gasteiger partial charge in [-0.3, -0.25) is 4.98 Å². The fourth-order valence-electron chi connectivity index (χ4n) is 2.03. The number of rotatable bonds is 4. The molecule has 0 aliphatic carbocycles. The first-order chi connectivity index (χ1) is 9.84. The summed E-state index contributed by atoms with van der Waals surface area (Å²) in [7, 11) is 0. The minimum Gasteiger partial charge on any atom is -0.459 e. The van der Waals surface area contributed by atoms with E-state index in [1.54, 1.807) is 18.5 Å². The zero-order chi connectivity index (χ0) is 13.8. The summed E-state index contributed by atoms with van der Waals surface area (Å²) < 4.78 is 14.5. The number of hydrogen-bond donors (Lipinski definition) is 0. The smallest absolute Gasteiger partial charge is 0.352 e. The van der Waals surface area contributed by atoms with Gasteiger partial charge in [-0.25, -0.2) is 4.79 Å². The van der Waals surface area contributed by atoms with E-state index < -0.39 is 5.97 Å². The lowest BCUT2D eigenvalue weighted by molar-refractivity contribution is 0.0166. The molecule has 0 amide bonds. The lowest BCUT2D eigenvalue weighted by Crippen LogP contribution is -2.17. The fourth-order valence-corrected chi connectivity index (χ4v) is 2.61. The molecule has 3 rings (SSSR count). The van der Waals surface area contributed by atoms with E-state index in [2.05, 4.69) is 14.6 Å². The van der Waals surface area contributed by atoms with E-state index in [0.29, 0.717) is 10.6 Å². The van der Waals surface area contributed by atoms with Gasteiger partial charge in [0.1, 0.15) is 12.3 Å². The van der Waals surface area contributed by atoms with Crippen molar-refractivity contribution in [3.05, 3.63) is 29.4 Å².